The molecule has 0 radical (unpaired) electrons. The van der Waals surface area contributed by atoms with Gasteiger partial charge in [-0.3, -0.25) is 19.6 Å². The van der Waals surface area contributed by atoms with E-state index in [-0.39, 0.29) is 40.7 Å². The van der Waals surface area contributed by atoms with Crippen LogP contribution >= 0.6 is 34.8 Å². The number of nitrogens with one attached hydrogen (secondary N) is 2. The third kappa shape index (κ3) is 19.5. The Bertz CT molecular complexity index is 3510. The number of carboxylic acid groups (broad SMARTS) is 1. The van der Waals surface area contributed by atoms with Gasteiger partial charge in [0.15, 0.2) is 0 Å². The topological polar surface area (TPSA) is 272 Å². The number of aromatic nitrogens is 6. The summed E-state index contributed by atoms with van der Waals surface area (Å²) in [5.74, 6) is -1.53. The number of nitrogens with two attached hydrogens (primary N) is 1. The van der Waals surface area contributed by atoms with Crippen molar-refractivity contribution in [3.63, 3.8) is 0 Å². The Balaban J connectivity index is 0.000000180. The van der Waals surface area contributed by atoms with E-state index in [2.05, 4.69) is 50.0 Å². The SMILES string of the molecule is COC(=O)c1ccc(C(=O)Nc2ccc(Cc3cccc(Cl)c3)cn2)nc1.COC(=O)c1ccc(C(=O)O)nc1.Nc1ccc(Cc2cccc(Cl)c2)cn1.O=C(Nc1ccc(Cc2cccc(Cl)c2)cn1)c1ccc(CO)cn1. The number of rotatable bonds is 14. The van der Waals surface area contributed by atoms with Gasteiger partial charge in [0.2, 0.25) is 0 Å². The molecule has 21 heteroatoms. The number of aromatic carboxylic acids is 1. The van der Waals surface area contributed by atoms with E-state index in [9.17, 15) is 24.0 Å². The molecule has 80 heavy (non-hydrogen) atoms. The second-order valence-electron chi connectivity index (χ2n) is 16.9. The Morgan fingerprint density at radius 1 is 0.450 bits per heavy atom. The van der Waals surface area contributed by atoms with E-state index in [0.29, 0.717) is 45.9 Å². The molecule has 0 saturated heterocycles. The van der Waals surface area contributed by atoms with Gasteiger partial charge in [-0.1, -0.05) is 95.5 Å². The third-order valence-corrected chi connectivity index (χ3v) is 11.6. The molecule has 0 bridgehead atoms. The number of carboxylic acids is 1. The predicted octanol–water partition coefficient (Wildman–Crippen LogP) is 10.7. The van der Waals surface area contributed by atoms with E-state index >= 15 is 0 Å². The van der Waals surface area contributed by atoms with Gasteiger partial charge in [-0.15, -0.1) is 0 Å². The number of nitrogen functional groups attached to an aromatic ring is 1. The molecular formula is C59H50Cl3N9O9. The van der Waals surface area contributed by atoms with Gasteiger partial charge in [0.25, 0.3) is 11.8 Å². The second kappa shape index (κ2) is 30.5. The van der Waals surface area contributed by atoms with Crippen LogP contribution in [-0.2, 0) is 35.3 Å². The van der Waals surface area contributed by atoms with Gasteiger partial charge >= 0.3 is 17.9 Å². The lowest BCUT2D eigenvalue weighted by molar-refractivity contribution is 0.0591. The molecule has 0 aliphatic heterocycles. The van der Waals surface area contributed by atoms with Crippen molar-refractivity contribution in [2.24, 2.45) is 0 Å². The number of nitrogens with zero attached hydrogens (tertiary/aromatic N) is 6. The van der Waals surface area contributed by atoms with Crippen LogP contribution in [0.25, 0.3) is 0 Å². The minimum atomic E-state index is -1.13. The smallest absolute Gasteiger partial charge is 0.354 e. The first-order valence-electron chi connectivity index (χ1n) is 23.9. The van der Waals surface area contributed by atoms with Crippen LogP contribution in [0.4, 0.5) is 17.5 Å². The zero-order valence-corrected chi connectivity index (χ0v) is 45.1. The van der Waals surface area contributed by atoms with Gasteiger partial charge < -0.3 is 36.1 Å². The highest BCUT2D eigenvalue weighted by Gasteiger charge is 2.13. The van der Waals surface area contributed by atoms with Crippen molar-refractivity contribution < 1.29 is 43.7 Å². The Morgan fingerprint density at radius 2 is 0.825 bits per heavy atom. The summed E-state index contributed by atoms with van der Waals surface area (Å²) in [5.41, 5.74) is 13.5. The van der Waals surface area contributed by atoms with Crippen LogP contribution in [-0.4, -0.2) is 84.1 Å². The number of amides is 2. The fourth-order valence-corrected chi connectivity index (χ4v) is 7.57. The standard InChI is InChI=1S/C20H16ClN3O3.C19H16ClN3O2.C12H11ClN2.C8H7NO4/c1-27-20(26)15-6-7-17(22-12-15)19(25)24-18-8-5-14(11-23-18)9-13-3-2-4-16(21)10-13;20-16-3-1-2-13(9-16)8-14-5-7-18(22-10-14)23-19(25)17-6-4-15(12-24)11-21-17;13-11-3-1-2-9(7-11)6-10-4-5-12(14)15-8-10;1-13-8(12)5-2-3-6(7(10)11)9-4-5/h2-8,10-12H,9H2,1H3,(H,23,24,25);1-7,9-11,24H,8,12H2,(H,22,23,25);1-5,7-8H,6H2,(H2,14,15);2-4H,1H3,(H,10,11). The molecule has 3 aromatic carbocycles. The highest BCUT2D eigenvalue weighted by atomic mass is 35.5. The van der Waals surface area contributed by atoms with E-state index in [0.717, 1.165) is 45.5 Å². The number of aliphatic hydroxyl groups is 1. The zero-order valence-electron chi connectivity index (χ0n) is 42.8. The maximum atomic E-state index is 12.2. The van der Waals surface area contributed by atoms with Crippen LogP contribution in [0.5, 0.6) is 0 Å². The van der Waals surface area contributed by atoms with Crippen LogP contribution < -0.4 is 16.4 Å². The summed E-state index contributed by atoms with van der Waals surface area (Å²) in [4.78, 5) is 81.1. The molecule has 0 fully saturated rings. The van der Waals surface area contributed by atoms with Crippen molar-refractivity contribution in [3.05, 3.63) is 265 Å². The molecule has 6 heterocycles. The number of carbonyl (C=O) groups excluding carboxylic acids is 4. The Kier molecular flexibility index (Phi) is 22.8. The Morgan fingerprint density at radius 3 is 1.14 bits per heavy atom. The number of anilines is 3. The molecule has 0 spiro atoms. The van der Waals surface area contributed by atoms with Gasteiger partial charge in [-0.2, -0.15) is 0 Å². The molecular weight excluding hydrogens is 1090 g/mol. The molecule has 0 aliphatic carbocycles. The van der Waals surface area contributed by atoms with E-state index in [1.54, 1.807) is 48.9 Å². The molecule has 9 aromatic rings. The molecule has 6 aromatic heterocycles. The molecule has 9 rings (SSSR count). The number of esters is 2. The van der Waals surface area contributed by atoms with E-state index < -0.39 is 23.8 Å². The van der Waals surface area contributed by atoms with Crippen LogP contribution in [0.2, 0.25) is 15.1 Å². The lowest BCUT2D eigenvalue weighted by Crippen LogP contribution is -2.15. The van der Waals surface area contributed by atoms with Gasteiger partial charge in [0.1, 0.15) is 34.5 Å². The Labute approximate surface area is 474 Å². The fourth-order valence-electron chi connectivity index (χ4n) is 6.93. The Hall–Kier alpha value is -9.46. The largest absolute Gasteiger partial charge is 0.477 e. The number of ether oxygens (including phenoxy) is 2. The number of hydrogen-bond donors (Lipinski definition) is 5. The second-order valence-corrected chi connectivity index (χ2v) is 18.2. The van der Waals surface area contributed by atoms with Gasteiger partial charge in [0, 0.05) is 52.2 Å². The van der Waals surface area contributed by atoms with Crippen LogP contribution in [0, 0.1) is 0 Å². The highest BCUT2D eigenvalue weighted by molar-refractivity contribution is 6.31. The van der Waals surface area contributed by atoms with Crippen LogP contribution in [0.15, 0.2) is 183 Å². The first-order valence-corrected chi connectivity index (χ1v) is 25.1. The fraction of sp³-hybridized carbons (Fsp3) is 0.102. The number of hydrogen-bond acceptors (Lipinski definition) is 15. The lowest BCUT2D eigenvalue weighted by atomic mass is 10.1. The van der Waals surface area contributed by atoms with Crippen molar-refractivity contribution in [1.82, 2.24) is 29.9 Å². The normalized spacial score (nSPS) is 10.2. The number of pyridine rings is 6. The van der Waals surface area contributed by atoms with Crippen LogP contribution in [0.3, 0.4) is 0 Å². The lowest BCUT2D eigenvalue weighted by Gasteiger charge is -2.06. The quantitative estimate of drug-likeness (QED) is 0.0633. The number of methoxy groups -OCH3 is 2. The van der Waals surface area contributed by atoms with Crippen LogP contribution in [0.1, 0.15) is 91.1 Å². The van der Waals surface area contributed by atoms with E-state index in [1.165, 1.54) is 56.4 Å². The number of aliphatic hydroxyl groups excluding tert-OH is 1. The number of carbonyl (C=O) groups is 5. The molecule has 406 valence electrons. The van der Waals surface area contributed by atoms with Crippen molar-refractivity contribution in [2.45, 2.75) is 25.9 Å². The third-order valence-electron chi connectivity index (χ3n) is 10.9. The summed E-state index contributed by atoms with van der Waals surface area (Å²) >= 11 is 17.9. The number of halogens is 3. The molecule has 0 unspecified atom stereocenters. The summed E-state index contributed by atoms with van der Waals surface area (Å²) in [7, 11) is 2.53. The average Bonchev–Trinajstić information content (AvgIpc) is 3.47. The summed E-state index contributed by atoms with van der Waals surface area (Å²) in [6.45, 7) is -0.107. The first kappa shape index (κ1) is 59.8. The van der Waals surface area contributed by atoms with Gasteiger partial charge in [0.05, 0.1) is 32.0 Å². The predicted molar refractivity (Wildman–Crippen MR) is 304 cm³/mol. The summed E-state index contributed by atoms with van der Waals surface area (Å²) in [6, 6.07) is 42.9. The van der Waals surface area contributed by atoms with Crippen molar-refractivity contribution in [1.29, 1.82) is 0 Å². The molecule has 18 nitrogen and oxygen atoms in total. The maximum absolute atomic E-state index is 12.2. The first-order chi connectivity index (χ1) is 38.6. The van der Waals surface area contributed by atoms with Gasteiger partial charge in [-0.25, -0.2) is 34.3 Å². The number of benzene rings is 3. The summed E-state index contributed by atoms with van der Waals surface area (Å²) in [5, 5.41) is 25.0. The molecule has 0 atom stereocenters. The zero-order chi connectivity index (χ0) is 57.4. The monoisotopic (exact) mass is 1130 g/mol. The van der Waals surface area contributed by atoms with Crippen molar-refractivity contribution in [3.8, 4) is 0 Å². The molecule has 2 amide bonds. The molecule has 0 aliphatic rings. The minimum Gasteiger partial charge on any atom is -0.477 e. The van der Waals surface area contributed by atoms with Gasteiger partial charge in [-0.05, 0) is 143 Å². The highest BCUT2D eigenvalue weighted by Crippen LogP contribution is 2.19. The average molecular weight is 1140 g/mol. The minimum absolute atomic E-state index is 0.104. The summed E-state index contributed by atoms with van der Waals surface area (Å²) < 4.78 is 9.01. The molecule has 6 N–H and O–H groups in total. The van der Waals surface area contributed by atoms with Crippen molar-refractivity contribution >= 4 is 82.0 Å². The molecule has 0 saturated carbocycles. The van der Waals surface area contributed by atoms with E-state index in [1.807, 2.05) is 91.0 Å². The maximum Gasteiger partial charge on any atom is 0.354 e. The van der Waals surface area contributed by atoms with Crippen molar-refractivity contribution in [2.75, 3.05) is 30.6 Å². The summed E-state index contributed by atoms with van der Waals surface area (Å²) in [6.07, 6.45) is 11.4. The van der Waals surface area contributed by atoms with E-state index in [4.69, 9.17) is 50.7 Å².